The summed E-state index contributed by atoms with van der Waals surface area (Å²) >= 11 is 0. The Labute approximate surface area is 243 Å². The highest BCUT2D eigenvalue weighted by Crippen LogP contribution is 2.43. The van der Waals surface area contributed by atoms with E-state index < -0.39 is 0 Å². The molecule has 1 N–H and O–H groups in total. The topological polar surface area (TPSA) is 93.6 Å². The van der Waals surface area contributed by atoms with E-state index in [0.717, 1.165) is 35.5 Å². The van der Waals surface area contributed by atoms with E-state index in [2.05, 4.69) is 30.6 Å². The molecule has 2 aromatic rings. The van der Waals surface area contributed by atoms with Crippen molar-refractivity contribution in [1.82, 2.24) is 0 Å². The lowest BCUT2D eigenvalue weighted by atomic mass is 9.80. The second-order valence-electron chi connectivity index (χ2n) is 10.6. The fourth-order valence-electron chi connectivity index (χ4n) is 5.48. The molecule has 0 saturated carbocycles. The number of benzene rings is 2. The summed E-state index contributed by atoms with van der Waals surface area (Å²) in [7, 11) is 0. The Morgan fingerprint density at radius 3 is 2.49 bits per heavy atom. The number of aliphatic hydroxyl groups is 1. The Hall–Kier alpha value is -4.18. The fraction of sp³-hybridized carbons (Fsp3) is 0.412. The SMILES string of the molecule is CCCCC(CC)C[N+]1=C/C(=C2\C(=O)C(c3ccc(N(CCC#N)CCOC(=O)CC)cc3)=C2O)c2ccccc21. The van der Waals surface area contributed by atoms with Crippen LogP contribution in [-0.4, -0.2) is 53.9 Å². The van der Waals surface area contributed by atoms with Crippen molar-refractivity contribution in [3.05, 3.63) is 71.0 Å². The molecule has 1 heterocycles. The Morgan fingerprint density at radius 1 is 1.07 bits per heavy atom. The molecule has 0 amide bonds. The molecule has 1 aliphatic carbocycles. The number of ether oxygens (including phenoxy) is 1. The van der Waals surface area contributed by atoms with Crippen LogP contribution in [0, 0.1) is 17.2 Å². The van der Waals surface area contributed by atoms with Gasteiger partial charge in [0, 0.05) is 30.6 Å². The van der Waals surface area contributed by atoms with Crippen LogP contribution in [0.3, 0.4) is 0 Å². The average molecular weight is 555 g/mol. The van der Waals surface area contributed by atoms with Crippen LogP contribution in [0.25, 0.3) is 11.1 Å². The number of hydrogen-bond acceptors (Lipinski definition) is 6. The van der Waals surface area contributed by atoms with Crippen LogP contribution in [0.1, 0.15) is 70.4 Å². The molecule has 214 valence electrons. The number of Topliss-reactive ketones (excluding diaryl/α,β-unsaturated/α-hetero) is 1. The summed E-state index contributed by atoms with van der Waals surface area (Å²) < 4.78 is 7.46. The monoisotopic (exact) mass is 554 g/mol. The lowest BCUT2D eigenvalue weighted by Gasteiger charge is -2.25. The predicted octanol–water partition coefficient (Wildman–Crippen LogP) is 6.61. The Bertz CT molecular complexity index is 1410. The van der Waals surface area contributed by atoms with E-state index in [4.69, 9.17) is 10.00 Å². The first-order chi connectivity index (χ1) is 19.9. The van der Waals surface area contributed by atoms with E-state index in [-0.39, 0.29) is 24.1 Å². The van der Waals surface area contributed by atoms with Crippen LogP contribution in [0.2, 0.25) is 0 Å². The smallest absolute Gasteiger partial charge is 0.305 e. The number of nitriles is 1. The lowest BCUT2D eigenvalue weighted by Crippen LogP contribution is -2.29. The summed E-state index contributed by atoms with van der Waals surface area (Å²) in [5.41, 5.74) is 5.01. The number of aliphatic hydroxyl groups excluding tert-OH is 1. The van der Waals surface area contributed by atoms with Crippen LogP contribution in [-0.2, 0) is 14.3 Å². The standard InChI is InChI=1S/C34H39N3O4/c1-4-7-11-24(5-2)22-37-23-28(27-12-8-9-13-29(27)37)32-33(39)31(34(32)40)25-14-16-26(17-15-25)36(19-10-18-35)20-21-41-30(38)6-3/h8-9,12-17,23-24H,4-7,10-11,19-22H2,1-3H3/p+1. The number of ketones is 1. The molecule has 0 fully saturated rings. The number of unbranched alkanes of at least 4 members (excludes halogenated alkanes) is 1. The highest BCUT2D eigenvalue weighted by Gasteiger charge is 2.41. The van der Waals surface area contributed by atoms with Gasteiger partial charge in [0.05, 0.1) is 41.3 Å². The molecule has 0 bridgehead atoms. The number of allylic oxidation sites excluding steroid dienone is 3. The number of para-hydroxylation sites is 1. The third kappa shape index (κ3) is 6.59. The van der Waals surface area contributed by atoms with Gasteiger partial charge in [0.2, 0.25) is 11.5 Å². The number of esters is 1. The van der Waals surface area contributed by atoms with Crippen molar-refractivity contribution >= 4 is 40.5 Å². The third-order valence-corrected chi connectivity index (χ3v) is 7.91. The van der Waals surface area contributed by atoms with Crippen molar-refractivity contribution in [2.75, 3.05) is 31.1 Å². The van der Waals surface area contributed by atoms with Gasteiger partial charge in [-0.05, 0) is 36.6 Å². The quantitative estimate of drug-likeness (QED) is 0.160. The summed E-state index contributed by atoms with van der Waals surface area (Å²) in [6.45, 7) is 8.26. The normalized spacial score (nSPS) is 16.5. The van der Waals surface area contributed by atoms with Crippen LogP contribution < -0.4 is 4.90 Å². The number of anilines is 1. The summed E-state index contributed by atoms with van der Waals surface area (Å²) in [4.78, 5) is 27.0. The lowest BCUT2D eigenvalue weighted by molar-refractivity contribution is -0.441. The molecule has 1 atom stereocenters. The van der Waals surface area contributed by atoms with Crippen molar-refractivity contribution in [3.63, 3.8) is 0 Å². The zero-order chi connectivity index (χ0) is 29.4. The molecule has 0 spiro atoms. The van der Waals surface area contributed by atoms with Gasteiger partial charge >= 0.3 is 5.97 Å². The van der Waals surface area contributed by atoms with Gasteiger partial charge in [0.25, 0.3) is 0 Å². The molecule has 2 aliphatic rings. The summed E-state index contributed by atoms with van der Waals surface area (Å²) in [5, 5.41) is 20.2. The average Bonchev–Trinajstić information content (AvgIpc) is 3.34. The largest absolute Gasteiger partial charge is 0.506 e. The maximum atomic E-state index is 13.5. The van der Waals surface area contributed by atoms with E-state index in [1.807, 2.05) is 53.6 Å². The van der Waals surface area contributed by atoms with E-state index in [1.165, 1.54) is 19.3 Å². The minimum atomic E-state index is -0.261. The highest BCUT2D eigenvalue weighted by atomic mass is 16.5. The highest BCUT2D eigenvalue weighted by molar-refractivity contribution is 6.44. The maximum Gasteiger partial charge on any atom is 0.305 e. The number of rotatable bonds is 14. The first-order valence-electron chi connectivity index (χ1n) is 14.7. The van der Waals surface area contributed by atoms with E-state index in [9.17, 15) is 14.7 Å². The summed E-state index contributed by atoms with van der Waals surface area (Å²) in [6.07, 6.45) is 7.33. The molecular formula is C34H40N3O4+. The molecule has 7 nitrogen and oxygen atoms in total. The van der Waals surface area contributed by atoms with Gasteiger partial charge in [-0.25, -0.2) is 0 Å². The second-order valence-corrected chi connectivity index (χ2v) is 10.6. The molecule has 41 heavy (non-hydrogen) atoms. The van der Waals surface area contributed by atoms with E-state index >= 15 is 0 Å². The van der Waals surface area contributed by atoms with Crippen LogP contribution in [0.15, 0.2) is 59.9 Å². The number of nitrogens with zero attached hydrogens (tertiary/aromatic N) is 3. The van der Waals surface area contributed by atoms with Crippen molar-refractivity contribution in [2.45, 2.75) is 59.3 Å². The van der Waals surface area contributed by atoms with Crippen molar-refractivity contribution in [3.8, 4) is 6.07 Å². The van der Waals surface area contributed by atoms with Gasteiger partial charge in [-0.3, -0.25) is 9.59 Å². The third-order valence-electron chi connectivity index (χ3n) is 7.91. The van der Waals surface area contributed by atoms with Crippen molar-refractivity contribution in [2.24, 2.45) is 5.92 Å². The predicted molar refractivity (Wildman–Crippen MR) is 162 cm³/mol. The molecule has 0 radical (unpaired) electrons. The Morgan fingerprint density at radius 2 is 1.83 bits per heavy atom. The zero-order valence-electron chi connectivity index (χ0n) is 24.4. The van der Waals surface area contributed by atoms with Crippen molar-refractivity contribution < 1.29 is 24.0 Å². The van der Waals surface area contributed by atoms with Gasteiger partial charge in [0.1, 0.15) is 12.4 Å². The van der Waals surface area contributed by atoms with Crippen LogP contribution in [0.5, 0.6) is 0 Å². The second kappa shape index (κ2) is 13.9. The van der Waals surface area contributed by atoms with Gasteiger partial charge in [-0.15, -0.1) is 0 Å². The van der Waals surface area contributed by atoms with E-state index in [1.54, 1.807) is 6.92 Å². The summed E-state index contributed by atoms with van der Waals surface area (Å²) in [6, 6.07) is 17.6. The summed E-state index contributed by atoms with van der Waals surface area (Å²) in [5.74, 6) is 0.161. The fourth-order valence-corrected chi connectivity index (χ4v) is 5.48. The maximum absolute atomic E-state index is 13.5. The molecular weight excluding hydrogens is 514 g/mol. The van der Waals surface area contributed by atoms with Crippen molar-refractivity contribution in [1.29, 1.82) is 5.26 Å². The first-order valence-corrected chi connectivity index (χ1v) is 14.7. The minimum Gasteiger partial charge on any atom is -0.506 e. The van der Waals surface area contributed by atoms with E-state index in [0.29, 0.717) is 48.6 Å². The van der Waals surface area contributed by atoms with Crippen LogP contribution in [0.4, 0.5) is 11.4 Å². The Kier molecular flexibility index (Phi) is 10.1. The van der Waals surface area contributed by atoms with Gasteiger partial charge in [-0.1, -0.05) is 57.9 Å². The molecule has 7 heteroatoms. The van der Waals surface area contributed by atoms with Gasteiger partial charge in [-0.2, -0.15) is 9.84 Å². The number of carbonyl (C=O) groups is 2. The van der Waals surface area contributed by atoms with Crippen LogP contribution >= 0.6 is 0 Å². The number of fused-ring (bicyclic) bond motifs is 1. The number of hydrogen-bond donors (Lipinski definition) is 1. The molecule has 2 aromatic carbocycles. The Balaban J connectivity index is 1.58. The van der Waals surface area contributed by atoms with Gasteiger partial charge in [0.15, 0.2) is 12.8 Å². The molecule has 0 saturated heterocycles. The molecule has 1 unspecified atom stereocenters. The number of carbonyl (C=O) groups excluding carboxylic acids is 2. The van der Waals surface area contributed by atoms with Gasteiger partial charge < -0.3 is 14.7 Å². The molecule has 0 aromatic heterocycles. The molecule has 1 aliphatic heterocycles. The molecule has 4 rings (SSSR count). The first kappa shape index (κ1) is 29.8. The minimum absolute atomic E-state index is 0.0245. The zero-order valence-corrected chi connectivity index (χ0v) is 24.4.